The third kappa shape index (κ3) is 4.44. The summed E-state index contributed by atoms with van der Waals surface area (Å²) in [4.78, 5) is 16.1. The Morgan fingerprint density at radius 1 is 1.55 bits per heavy atom. The van der Waals surface area contributed by atoms with Gasteiger partial charge in [0.25, 0.3) is 5.91 Å². The van der Waals surface area contributed by atoms with E-state index in [0.29, 0.717) is 30.2 Å². The third-order valence-electron chi connectivity index (χ3n) is 2.53. The molecule has 1 saturated heterocycles. The maximum Gasteiger partial charge on any atom is 0.284 e. The van der Waals surface area contributed by atoms with Crippen LogP contribution in [0.3, 0.4) is 0 Å². The van der Waals surface area contributed by atoms with Crippen LogP contribution in [0, 0.1) is 11.2 Å². The van der Waals surface area contributed by atoms with Gasteiger partial charge in [0.05, 0.1) is 24.3 Å². The van der Waals surface area contributed by atoms with Crippen LogP contribution in [0.25, 0.3) is 0 Å². The molecule has 1 aromatic heterocycles. The predicted octanol–water partition coefficient (Wildman–Crippen LogP) is 2.03. The number of rotatable bonds is 1. The van der Waals surface area contributed by atoms with Crippen LogP contribution in [-0.2, 0) is 15.4 Å². The van der Waals surface area contributed by atoms with Crippen molar-refractivity contribution in [2.24, 2.45) is 4.36 Å². The highest BCUT2D eigenvalue weighted by Gasteiger charge is 2.11. The number of nitrogens with two attached hydrogens (primary N) is 1. The van der Waals surface area contributed by atoms with Gasteiger partial charge in [-0.2, -0.15) is 4.36 Å². The molecule has 1 aliphatic heterocycles. The zero-order valence-electron chi connectivity index (χ0n) is 10.5. The van der Waals surface area contributed by atoms with E-state index in [1.54, 1.807) is 6.07 Å². The van der Waals surface area contributed by atoms with Crippen molar-refractivity contribution < 1.29 is 9.53 Å². The first-order valence-corrected chi connectivity index (χ1v) is 10.6. The van der Waals surface area contributed by atoms with Gasteiger partial charge in [0.2, 0.25) is 0 Å². The van der Waals surface area contributed by atoms with E-state index < -0.39 is 0 Å². The summed E-state index contributed by atoms with van der Waals surface area (Å²) in [5.74, 6) is 4.56. The molecule has 0 radical (unpaired) electrons. The number of hydrogen-bond donors (Lipinski definition) is 1. The van der Waals surface area contributed by atoms with Crippen LogP contribution in [0.2, 0.25) is 0 Å². The smallest absolute Gasteiger partial charge is 0.284 e. The molecule has 1 amide bonds. The van der Waals surface area contributed by atoms with Gasteiger partial charge in [-0.1, -0.05) is 16.6 Å². The molecule has 0 spiro atoms. The Hall–Kier alpha value is -0.630. The standard InChI is InChI=1S/C12H12IN3O2S2/c13-19-4-1-9-7-10(8-15-11(9)14)12(17)16-20-5-2-18-3-6-20/h7-8H,2-3,5-6H2,(H2,14,15). The minimum absolute atomic E-state index is 0.242. The first kappa shape index (κ1) is 15.8. The lowest BCUT2D eigenvalue weighted by Gasteiger charge is -2.14. The molecule has 0 aliphatic carbocycles. The number of nitrogens with zero attached hydrogens (tertiary/aromatic N) is 2. The van der Waals surface area contributed by atoms with E-state index in [1.807, 2.05) is 0 Å². The summed E-state index contributed by atoms with van der Waals surface area (Å²) in [6.45, 7) is 1.34. The summed E-state index contributed by atoms with van der Waals surface area (Å²) < 4.78 is 9.48. The molecule has 0 unspecified atom stereocenters. The van der Waals surface area contributed by atoms with Gasteiger partial charge in [0.15, 0.2) is 0 Å². The van der Waals surface area contributed by atoms with Crippen LogP contribution in [-0.4, -0.2) is 35.6 Å². The Labute approximate surface area is 136 Å². The number of nitrogen functional groups attached to an aromatic ring is 1. The summed E-state index contributed by atoms with van der Waals surface area (Å²) in [5, 5.41) is 2.83. The first-order valence-electron chi connectivity index (χ1n) is 5.76. The molecular weight excluding hydrogens is 409 g/mol. The summed E-state index contributed by atoms with van der Waals surface area (Å²) in [6, 6.07) is 1.65. The number of ether oxygens (including phenoxy) is 1. The number of anilines is 1. The molecule has 2 rings (SSSR count). The fourth-order valence-corrected chi connectivity index (χ4v) is 3.37. The fourth-order valence-electron chi connectivity index (χ4n) is 1.54. The van der Waals surface area contributed by atoms with E-state index in [2.05, 4.69) is 41.7 Å². The zero-order chi connectivity index (χ0) is 14.4. The highest BCUT2D eigenvalue weighted by Crippen LogP contribution is 2.14. The second-order valence-corrected chi connectivity index (χ2v) is 7.44. The van der Waals surface area contributed by atoms with Gasteiger partial charge in [-0.25, -0.2) is 4.98 Å². The molecule has 0 bridgehead atoms. The van der Waals surface area contributed by atoms with Gasteiger partial charge in [-0.05, 0) is 20.3 Å². The van der Waals surface area contributed by atoms with Crippen molar-refractivity contribution >= 4 is 52.6 Å². The summed E-state index contributed by atoms with van der Waals surface area (Å²) in [6.07, 6.45) is 1.45. The Morgan fingerprint density at radius 3 is 3.00 bits per heavy atom. The number of carbonyl (C=O) groups excluding carboxylic acids is 1. The summed E-state index contributed by atoms with van der Waals surface area (Å²) >= 11 is 2.07. The Balaban J connectivity index is 2.21. The highest BCUT2D eigenvalue weighted by atomic mass is 127. The number of pyridine rings is 1. The van der Waals surface area contributed by atoms with E-state index in [4.69, 9.17) is 10.5 Å². The number of aromatic nitrogens is 1. The Kier molecular flexibility index (Phi) is 6.28. The van der Waals surface area contributed by atoms with E-state index in [0.717, 1.165) is 11.5 Å². The van der Waals surface area contributed by atoms with Gasteiger partial charge in [-0.3, -0.25) is 4.79 Å². The van der Waals surface area contributed by atoms with Gasteiger partial charge in [0.1, 0.15) is 5.82 Å². The quantitative estimate of drug-likeness (QED) is 0.555. The predicted molar refractivity (Wildman–Crippen MR) is 91.8 cm³/mol. The van der Waals surface area contributed by atoms with Crippen molar-refractivity contribution in [3.05, 3.63) is 23.4 Å². The Morgan fingerprint density at radius 2 is 2.30 bits per heavy atom. The van der Waals surface area contributed by atoms with Crippen molar-refractivity contribution in [2.75, 3.05) is 30.5 Å². The van der Waals surface area contributed by atoms with Crippen molar-refractivity contribution in [3.63, 3.8) is 0 Å². The van der Waals surface area contributed by atoms with Gasteiger partial charge < -0.3 is 10.5 Å². The van der Waals surface area contributed by atoms with Crippen LogP contribution in [0.5, 0.6) is 0 Å². The fraction of sp³-hybridized carbons (Fsp3) is 0.333. The molecule has 2 N–H and O–H groups in total. The Bertz CT molecular complexity index is 602. The molecule has 20 heavy (non-hydrogen) atoms. The van der Waals surface area contributed by atoms with Crippen LogP contribution >= 0.6 is 30.1 Å². The molecule has 8 heteroatoms. The molecule has 1 fully saturated rings. The lowest BCUT2D eigenvalue weighted by molar-refractivity contribution is 0.100. The van der Waals surface area contributed by atoms with Crippen molar-refractivity contribution in [3.8, 4) is 11.2 Å². The largest absolute Gasteiger partial charge is 0.383 e. The number of halogens is 1. The van der Waals surface area contributed by atoms with Gasteiger partial charge >= 0.3 is 0 Å². The van der Waals surface area contributed by atoms with E-state index in [-0.39, 0.29) is 16.6 Å². The van der Waals surface area contributed by atoms with Crippen LogP contribution in [0.1, 0.15) is 15.9 Å². The molecule has 1 aliphatic rings. The number of hydrogen-bond acceptors (Lipinski definition) is 5. The molecule has 106 valence electrons. The minimum Gasteiger partial charge on any atom is -0.383 e. The summed E-state index contributed by atoms with van der Waals surface area (Å²) in [7, 11) is 1.11. The van der Waals surface area contributed by atoms with Crippen molar-refractivity contribution in [2.45, 2.75) is 0 Å². The minimum atomic E-state index is -0.257. The average molecular weight is 421 g/mol. The SMILES string of the molecule is Nc1ncc(C(=O)N=S2CCOCC2)cc1C#CSI. The zero-order valence-corrected chi connectivity index (χ0v) is 14.3. The normalized spacial score (nSPS) is 15.2. The van der Waals surface area contributed by atoms with Crippen molar-refractivity contribution in [1.82, 2.24) is 4.98 Å². The molecule has 0 aromatic carbocycles. The topological polar surface area (TPSA) is 77.6 Å². The first-order chi connectivity index (χ1) is 9.70. The second-order valence-electron chi connectivity index (χ2n) is 3.84. The van der Waals surface area contributed by atoms with Crippen LogP contribution < -0.4 is 5.73 Å². The molecular formula is C12H12IN3O2S2. The molecule has 0 saturated carbocycles. The van der Waals surface area contributed by atoms with E-state index in [1.165, 1.54) is 15.1 Å². The molecule has 0 atom stereocenters. The third-order valence-corrected chi connectivity index (χ3v) is 5.07. The molecule has 5 nitrogen and oxygen atoms in total. The average Bonchev–Trinajstić information content (AvgIpc) is 2.47. The van der Waals surface area contributed by atoms with E-state index in [9.17, 15) is 4.79 Å². The maximum atomic E-state index is 12.1. The van der Waals surface area contributed by atoms with E-state index >= 15 is 0 Å². The lowest BCUT2D eigenvalue weighted by atomic mass is 10.2. The monoisotopic (exact) mass is 421 g/mol. The van der Waals surface area contributed by atoms with Gasteiger partial charge in [-0.15, -0.1) is 0 Å². The molecule has 2 heterocycles. The second kappa shape index (κ2) is 7.97. The van der Waals surface area contributed by atoms with Crippen LogP contribution in [0.15, 0.2) is 16.6 Å². The molecule has 1 aromatic rings. The number of carbonyl (C=O) groups is 1. The van der Waals surface area contributed by atoms with Crippen molar-refractivity contribution in [1.29, 1.82) is 0 Å². The van der Waals surface area contributed by atoms with Gasteiger partial charge in [0, 0.05) is 38.9 Å². The highest BCUT2D eigenvalue weighted by molar-refractivity contribution is 14.2. The lowest BCUT2D eigenvalue weighted by Crippen LogP contribution is -2.21. The maximum absolute atomic E-state index is 12.1. The summed E-state index contributed by atoms with van der Waals surface area (Å²) in [5.41, 5.74) is 6.72. The number of amides is 1. The van der Waals surface area contributed by atoms with Crippen LogP contribution in [0.4, 0.5) is 5.82 Å².